The Labute approximate surface area is 218 Å². The topological polar surface area (TPSA) is 116 Å². The van der Waals surface area contributed by atoms with Crippen molar-refractivity contribution in [3.05, 3.63) is 30.3 Å². The molecule has 1 aliphatic carbocycles. The first kappa shape index (κ1) is 27.1. The van der Waals surface area contributed by atoms with Crippen LogP contribution in [-0.4, -0.2) is 69.8 Å². The lowest BCUT2D eigenvalue weighted by atomic mass is 9.81. The zero-order chi connectivity index (χ0) is 26.6. The van der Waals surface area contributed by atoms with Crippen molar-refractivity contribution in [1.29, 1.82) is 0 Å². The largest absolute Gasteiger partial charge is 0.343 e. The van der Waals surface area contributed by atoms with E-state index in [0.29, 0.717) is 30.1 Å². The van der Waals surface area contributed by atoms with Crippen LogP contribution in [0.5, 0.6) is 0 Å². The second-order valence-electron chi connectivity index (χ2n) is 9.69. The molecular formula is C25H32F2N6O3S. The predicted molar refractivity (Wildman–Crippen MR) is 136 cm³/mol. The van der Waals surface area contributed by atoms with E-state index in [1.54, 1.807) is 14.0 Å². The number of nitrogens with one attached hydrogen (secondary N) is 3. The molecule has 2 heterocycles. The molecule has 1 aliphatic heterocycles. The first-order valence-electron chi connectivity index (χ1n) is 12.5. The van der Waals surface area contributed by atoms with Gasteiger partial charge in [-0.15, -0.1) is 5.10 Å². The summed E-state index contributed by atoms with van der Waals surface area (Å²) in [6, 6.07) is 7.05. The number of likely N-dealkylation sites (tertiary alicyclic amines) is 1. The van der Waals surface area contributed by atoms with E-state index in [9.17, 15) is 23.2 Å². The normalized spacial score (nSPS) is 21.3. The number of hydrogen-bond acceptors (Lipinski definition) is 7. The minimum Gasteiger partial charge on any atom is -0.343 e. The lowest BCUT2D eigenvalue weighted by molar-refractivity contribution is -0.143. The number of halogens is 2. The van der Waals surface area contributed by atoms with Gasteiger partial charge in [-0.1, -0.05) is 34.8 Å². The summed E-state index contributed by atoms with van der Waals surface area (Å²) >= 11 is 1.05. The SMILES string of the molecule is CN[C@@H](C)C(=O)N[C@H](C(=O)N1CCC[C@H]1C(=O)Nc1snnc1-c1ccccc1)C1CCC(F)(F)CC1. The van der Waals surface area contributed by atoms with Crippen molar-refractivity contribution in [2.24, 2.45) is 5.92 Å². The Morgan fingerprint density at radius 1 is 1.14 bits per heavy atom. The number of hydrogen-bond donors (Lipinski definition) is 3. The molecule has 3 amide bonds. The molecule has 3 N–H and O–H groups in total. The monoisotopic (exact) mass is 534 g/mol. The Bertz CT molecular complexity index is 1100. The first-order valence-corrected chi connectivity index (χ1v) is 13.3. The van der Waals surface area contributed by atoms with Gasteiger partial charge in [0.1, 0.15) is 22.8 Å². The third-order valence-electron chi connectivity index (χ3n) is 7.23. The van der Waals surface area contributed by atoms with Crippen molar-refractivity contribution in [1.82, 2.24) is 25.1 Å². The molecule has 0 radical (unpaired) electrons. The number of anilines is 1. The van der Waals surface area contributed by atoms with Gasteiger partial charge in [0.05, 0.1) is 6.04 Å². The Kier molecular flexibility index (Phi) is 8.48. The Morgan fingerprint density at radius 2 is 1.84 bits per heavy atom. The summed E-state index contributed by atoms with van der Waals surface area (Å²) in [5.74, 6) is -4.35. The van der Waals surface area contributed by atoms with Crippen LogP contribution in [0, 0.1) is 5.92 Å². The lowest BCUT2D eigenvalue weighted by Crippen LogP contribution is -2.58. The van der Waals surface area contributed by atoms with E-state index >= 15 is 0 Å². The maximum atomic E-state index is 13.8. The number of carbonyl (C=O) groups excluding carboxylic acids is 3. The van der Waals surface area contributed by atoms with Crippen LogP contribution < -0.4 is 16.0 Å². The Balaban J connectivity index is 1.51. The van der Waals surface area contributed by atoms with E-state index in [2.05, 4.69) is 25.5 Å². The number of carbonyl (C=O) groups is 3. The van der Waals surface area contributed by atoms with Gasteiger partial charge in [-0.3, -0.25) is 14.4 Å². The van der Waals surface area contributed by atoms with Gasteiger partial charge < -0.3 is 20.9 Å². The van der Waals surface area contributed by atoms with Crippen molar-refractivity contribution in [2.45, 2.75) is 69.5 Å². The highest BCUT2D eigenvalue weighted by Crippen LogP contribution is 2.38. The van der Waals surface area contributed by atoms with Gasteiger partial charge in [-0.25, -0.2) is 8.78 Å². The van der Waals surface area contributed by atoms with E-state index < -0.39 is 35.9 Å². The van der Waals surface area contributed by atoms with Gasteiger partial charge in [-0.05, 0) is 45.6 Å². The molecule has 37 heavy (non-hydrogen) atoms. The molecule has 4 rings (SSSR count). The summed E-state index contributed by atoms with van der Waals surface area (Å²) in [6.07, 6.45) is 0.658. The van der Waals surface area contributed by atoms with Gasteiger partial charge in [0, 0.05) is 36.5 Å². The molecular weight excluding hydrogens is 502 g/mol. The second-order valence-corrected chi connectivity index (χ2v) is 10.4. The quantitative estimate of drug-likeness (QED) is 0.480. The number of alkyl halides is 2. The third kappa shape index (κ3) is 6.30. The van der Waals surface area contributed by atoms with E-state index in [1.165, 1.54) is 4.90 Å². The van der Waals surface area contributed by atoms with Gasteiger partial charge in [0.25, 0.3) is 0 Å². The van der Waals surface area contributed by atoms with Crippen molar-refractivity contribution in [3.63, 3.8) is 0 Å². The van der Waals surface area contributed by atoms with Crippen LogP contribution in [0.1, 0.15) is 45.4 Å². The van der Waals surface area contributed by atoms with Gasteiger partial charge in [-0.2, -0.15) is 0 Å². The van der Waals surface area contributed by atoms with Crippen LogP contribution in [0.4, 0.5) is 13.8 Å². The predicted octanol–water partition coefficient (Wildman–Crippen LogP) is 3.05. The highest BCUT2D eigenvalue weighted by molar-refractivity contribution is 7.10. The van der Waals surface area contributed by atoms with E-state index in [4.69, 9.17) is 0 Å². The molecule has 12 heteroatoms. The average molecular weight is 535 g/mol. The summed E-state index contributed by atoms with van der Waals surface area (Å²) in [6.45, 7) is 2.01. The summed E-state index contributed by atoms with van der Waals surface area (Å²) in [7, 11) is 1.63. The molecule has 0 unspecified atom stereocenters. The van der Waals surface area contributed by atoms with Crippen LogP contribution in [0.25, 0.3) is 11.3 Å². The lowest BCUT2D eigenvalue weighted by Gasteiger charge is -2.36. The van der Waals surface area contributed by atoms with Crippen molar-refractivity contribution < 1.29 is 23.2 Å². The summed E-state index contributed by atoms with van der Waals surface area (Å²) in [5.41, 5.74) is 1.35. The molecule has 1 aromatic carbocycles. The third-order valence-corrected chi connectivity index (χ3v) is 7.88. The number of aromatic nitrogens is 2. The smallest absolute Gasteiger partial charge is 0.248 e. The molecule has 200 valence electrons. The highest BCUT2D eigenvalue weighted by Gasteiger charge is 2.44. The maximum absolute atomic E-state index is 13.8. The average Bonchev–Trinajstić information content (AvgIpc) is 3.57. The fourth-order valence-corrected chi connectivity index (χ4v) is 5.52. The molecule has 1 aromatic heterocycles. The minimum absolute atomic E-state index is 0.120. The Morgan fingerprint density at radius 3 is 2.51 bits per heavy atom. The highest BCUT2D eigenvalue weighted by atomic mass is 32.1. The molecule has 0 bridgehead atoms. The van der Waals surface area contributed by atoms with Crippen molar-refractivity contribution >= 4 is 34.3 Å². The first-order chi connectivity index (χ1) is 17.7. The number of amides is 3. The number of likely N-dealkylation sites (N-methyl/N-ethyl adjacent to an activating group) is 1. The van der Waals surface area contributed by atoms with E-state index in [0.717, 1.165) is 17.1 Å². The second kappa shape index (κ2) is 11.6. The van der Waals surface area contributed by atoms with E-state index in [-0.39, 0.29) is 37.5 Å². The zero-order valence-electron chi connectivity index (χ0n) is 20.9. The maximum Gasteiger partial charge on any atom is 0.248 e. The molecule has 1 saturated heterocycles. The number of benzene rings is 1. The fourth-order valence-electron chi connectivity index (χ4n) is 4.92. The summed E-state index contributed by atoms with van der Waals surface area (Å²) < 4.78 is 31.6. The fraction of sp³-hybridized carbons (Fsp3) is 0.560. The van der Waals surface area contributed by atoms with Crippen LogP contribution in [-0.2, 0) is 14.4 Å². The zero-order valence-corrected chi connectivity index (χ0v) is 21.7. The van der Waals surface area contributed by atoms with E-state index in [1.807, 2.05) is 30.3 Å². The molecule has 9 nitrogen and oxygen atoms in total. The number of rotatable bonds is 8. The molecule has 2 fully saturated rings. The molecule has 2 aromatic rings. The standard InChI is InChI=1S/C25H32F2N6O3S/c1-15(28-2)21(34)29-20(17-10-12-25(26,27)13-11-17)24(36)33-14-6-9-18(33)22(35)30-23-19(31-32-37-23)16-7-4-3-5-8-16/h3-5,7-8,15,17-18,20,28H,6,9-14H2,1-2H3,(H,29,34)(H,30,35)/t15-,18-,20-/m0/s1. The van der Waals surface area contributed by atoms with Gasteiger partial charge >= 0.3 is 0 Å². The van der Waals surface area contributed by atoms with Crippen molar-refractivity contribution in [3.8, 4) is 11.3 Å². The molecule has 1 saturated carbocycles. The summed E-state index contributed by atoms with van der Waals surface area (Å²) in [5, 5.41) is 13.1. The van der Waals surface area contributed by atoms with Crippen LogP contribution in [0.3, 0.4) is 0 Å². The Hall–Kier alpha value is -2.99. The van der Waals surface area contributed by atoms with Crippen molar-refractivity contribution in [2.75, 3.05) is 18.9 Å². The van der Waals surface area contributed by atoms with Crippen LogP contribution in [0.2, 0.25) is 0 Å². The van der Waals surface area contributed by atoms with Gasteiger partial charge in [0.2, 0.25) is 23.6 Å². The molecule has 3 atom stereocenters. The molecule has 2 aliphatic rings. The van der Waals surface area contributed by atoms with Gasteiger partial charge in [0.15, 0.2) is 0 Å². The van der Waals surface area contributed by atoms with Crippen LogP contribution >= 0.6 is 11.5 Å². The summed E-state index contributed by atoms with van der Waals surface area (Å²) in [4.78, 5) is 41.2. The van der Waals surface area contributed by atoms with Crippen LogP contribution in [0.15, 0.2) is 30.3 Å². The minimum atomic E-state index is -2.76. The molecule has 0 spiro atoms. The number of nitrogens with zero attached hydrogens (tertiary/aromatic N) is 3.